The van der Waals surface area contributed by atoms with E-state index in [1.807, 2.05) is 13.0 Å². The third-order valence-electron chi connectivity index (χ3n) is 9.31. The largest absolute Gasteiger partial charge is 0.464 e. The summed E-state index contributed by atoms with van der Waals surface area (Å²) in [5.74, 6) is 0.965. The summed E-state index contributed by atoms with van der Waals surface area (Å²) in [5.41, 5.74) is 0. The zero-order chi connectivity index (χ0) is 28.7. The molecule has 2 heterocycles. The predicted octanol–water partition coefficient (Wildman–Crippen LogP) is 7.33. The van der Waals surface area contributed by atoms with Crippen molar-refractivity contribution in [3.8, 4) is 0 Å². The molecule has 0 aromatic rings. The van der Waals surface area contributed by atoms with Crippen molar-refractivity contribution in [2.45, 2.75) is 140 Å². The van der Waals surface area contributed by atoms with Crippen LogP contribution in [0, 0.1) is 17.8 Å². The van der Waals surface area contributed by atoms with Crippen LogP contribution in [0.15, 0.2) is 12.2 Å². The lowest BCUT2D eigenvalue weighted by Crippen LogP contribution is -2.35. The molecule has 2 saturated carbocycles. The second kappa shape index (κ2) is 18.9. The Morgan fingerprint density at radius 2 is 1.66 bits per heavy atom. The molecule has 2 aliphatic heterocycles. The number of halogens is 1. The molecule has 2 saturated heterocycles. The number of hydrogen-bond donors (Lipinski definition) is 0. The van der Waals surface area contributed by atoms with Crippen molar-refractivity contribution in [1.29, 1.82) is 0 Å². The summed E-state index contributed by atoms with van der Waals surface area (Å²) in [4.78, 5) is 11.7. The minimum atomic E-state index is -0.310. The zero-order valence-electron chi connectivity index (χ0n) is 25.4. The molecule has 4 rings (SSSR count). The first-order valence-corrected chi connectivity index (χ1v) is 17.1. The Hall–Kier alpha value is -0.700. The molecule has 0 N–H and O–H groups in total. The Kier molecular flexibility index (Phi) is 15.3. The van der Waals surface area contributed by atoms with Gasteiger partial charge >= 0.3 is 5.97 Å². The summed E-state index contributed by atoms with van der Waals surface area (Å²) in [5, 5.41) is 0.0545. The molecule has 2 unspecified atom stereocenters. The number of hydrogen-bond acceptors (Lipinski definition) is 7. The molecule has 7 nitrogen and oxygen atoms in total. The van der Waals surface area contributed by atoms with E-state index in [4.69, 9.17) is 40.0 Å². The summed E-state index contributed by atoms with van der Waals surface area (Å²) >= 11 is 7.04. The fraction of sp³-hybridized carbons (Fsp3) is 0.909. The van der Waals surface area contributed by atoms with E-state index >= 15 is 0 Å². The normalized spacial score (nSPS) is 32.3. The third kappa shape index (κ3) is 11.4. The second-order valence-corrected chi connectivity index (χ2v) is 13.0. The highest BCUT2D eigenvalue weighted by Gasteiger charge is 2.44. The van der Waals surface area contributed by atoms with Gasteiger partial charge in [0, 0.05) is 18.6 Å². The number of esters is 1. The minimum absolute atomic E-state index is 0.0148. The number of carbonyl (C=O) groups excluding carboxylic acids is 1. The van der Waals surface area contributed by atoms with Gasteiger partial charge in [-0.25, -0.2) is 4.79 Å². The summed E-state index contributed by atoms with van der Waals surface area (Å²) in [7, 11) is 0. The Bertz CT molecular complexity index is 746. The molecule has 0 aromatic carbocycles. The van der Waals surface area contributed by atoms with E-state index in [-0.39, 0.29) is 42.7 Å². The molecule has 236 valence electrons. The van der Waals surface area contributed by atoms with Crippen LogP contribution >= 0.6 is 11.6 Å². The van der Waals surface area contributed by atoms with Crippen LogP contribution in [0.25, 0.3) is 0 Å². The van der Waals surface area contributed by atoms with Crippen LogP contribution in [0.4, 0.5) is 0 Å². The fourth-order valence-corrected chi connectivity index (χ4v) is 7.55. The molecule has 0 spiro atoms. The van der Waals surface area contributed by atoms with E-state index in [0.717, 1.165) is 77.4 Å². The molecule has 2 aliphatic carbocycles. The van der Waals surface area contributed by atoms with Crippen LogP contribution in [0.1, 0.15) is 110 Å². The smallest absolute Gasteiger partial charge is 0.332 e. The quantitative estimate of drug-likeness (QED) is 0.0797. The topological polar surface area (TPSA) is 72.5 Å². The van der Waals surface area contributed by atoms with Crippen LogP contribution in [0.3, 0.4) is 0 Å². The predicted molar refractivity (Wildman–Crippen MR) is 160 cm³/mol. The van der Waals surface area contributed by atoms with Gasteiger partial charge in [0.15, 0.2) is 12.6 Å². The van der Waals surface area contributed by atoms with Gasteiger partial charge in [-0.05, 0) is 101 Å². The van der Waals surface area contributed by atoms with Gasteiger partial charge in [-0.1, -0.05) is 38.3 Å². The van der Waals surface area contributed by atoms with E-state index in [2.05, 4.69) is 6.08 Å². The van der Waals surface area contributed by atoms with Gasteiger partial charge in [0.05, 0.1) is 25.4 Å². The van der Waals surface area contributed by atoms with Crippen LogP contribution in [0.2, 0.25) is 0 Å². The first-order valence-electron chi connectivity index (χ1n) is 16.7. The van der Waals surface area contributed by atoms with Crippen LogP contribution in [0.5, 0.6) is 0 Å². The van der Waals surface area contributed by atoms with E-state index in [0.29, 0.717) is 31.0 Å². The fourth-order valence-electron chi connectivity index (χ4n) is 7.09. The maximum atomic E-state index is 11.7. The number of carbonyl (C=O) groups is 1. The number of alkyl halides is 1. The van der Waals surface area contributed by atoms with E-state index in [9.17, 15) is 4.79 Å². The maximum Gasteiger partial charge on any atom is 0.332 e. The summed E-state index contributed by atoms with van der Waals surface area (Å²) in [6.45, 7) is 4.38. The lowest BCUT2D eigenvalue weighted by atomic mass is 9.80. The standard InChI is InChI=1S/C33H55ClO7/c1-2-19-37-31(35)24-36-20-9-6-14-26-27(30(23-28(26)34)41-33-16-8-11-22-39-33)17-18-29(25-12-4-3-5-13-25)40-32-15-7-10-21-38-32/h6,9,25-30,32-33H,2-5,7-8,10-24H2,1H3/t26-,27-,28-,29-,30-,32?,33?/m1/s1. The average molecular weight is 599 g/mol. The zero-order valence-corrected chi connectivity index (χ0v) is 26.1. The van der Waals surface area contributed by atoms with Crippen molar-refractivity contribution in [2.24, 2.45) is 17.8 Å². The van der Waals surface area contributed by atoms with Crippen molar-refractivity contribution >= 4 is 17.6 Å². The molecular formula is C33H55ClO7. The monoisotopic (exact) mass is 598 g/mol. The van der Waals surface area contributed by atoms with Gasteiger partial charge in [-0.15, -0.1) is 11.6 Å². The summed E-state index contributed by atoms with van der Waals surface area (Å²) < 4.78 is 35.9. The third-order valence-corrected chi connectivity index (χ3v) is 9.82. The molecule has 0 bridgehead atoms. The molecule has 41 heavy (non-hydrogen) atoms. The molecular weight excluding hydrogens is 544 g/mol. The van der Waals surface area contributed by atoms with E-state index < -0.39 is 0 Å². The first-order chi connectivity index (χ1) is 20.1. The highest BCUT2D eigenvalue weighted by molar-refractivity contribution is 6.21. The van der Waals surface area contributed by atoms with Gasteiger partial charge < -0.3 is 28.4 Å². The Balaban J connectivity index is 1.35. The van der Waals surface area contributed by atoms with Gasteiger partial charge in [-0.3, -0.25) is 0 Å². The first kappa shape index (κ1) is 33.2. The van der Waals surface area contributed by atoms with Crippen LogP contribution in [-0.2, 0) is 33.2 Å². The molecule has 0 radical (unpaired) electrons. The molecule has 0 aromatic heterocycles. The van der Waals surface area contributed by atoms with Crippen molar-refractivity contribution in [2.75, 3.05) is 33.0 Å². The molecule has 0 amide bonds. The Morgan fingerprint density at radius 1 is 0.927 bits per heavy atom. The van der Waals surface area contributed by atoms with Crippen LogP contribution < -0.4 is 0 Å². The molecule has 4 fully saturated rings. The number of ether oxygens (including phenoxy) is 6. The van der Waals surface area contributed by atoms with Crippen molar-refractivity contribution in [1.82, 2.24) is 0 Å². The van der Waals surface area contributed by atoms with Crippen LogP contribution in [-0.4, -0.2) is 69.2 Å². The van der Waals surface area contributed by atoms with E-state index in [1.54, 1.807) is 0 Å². The average Bonchev–Trinajstić information content (AvgIpc) is 3.30. The van der Waals surface area contributed by atoms with Gasteiger partial charge in [-0.2, -0.15) is 0 Å². The van der Waals surface area contributed by atoms with Crippen molar-refractivity contribution < 1.29 is 33.2 Å². The Morgan fingerprint density at radius 3 is 2.37 bits per heavy atom. The van der Waals surface area contributed by atoms with Crippen molar-refractivity contribution in [3.05, 3.63) is 12.2 Å². The minimum Gasteiger partial charge on any atom is -0.464 e. The summed E-state index contributed by atoms with van der Waals surface area (Å²) in [6.07, 6.45) is 21.9. The Labute approximate surface area is 253 Å². The number of rotatable bonds is 16. The van der Waals surface area contributed by atoms with Gasteiger partial charge in [0.1, 0.15) is 6.61 Å². The molecule has 7 atom stereocenters. The lowest BCUT2D eigenvalue weighted by molar-refractivity contribution is -0.207. The summed E-state index contributed by atoms with van der Waals surface area (Å²) in [6, 6.07) is 0. The SMILES string of the molecule is CCCOC(=O)COCC=CC[C@@H]1[C@@H](CC[C@@H](OC2CCCCO2)C2CCCCC2)[C@H](OC2CCCCO2)C[C@H]1Cl. The highest BCUT2D eigenvalue weighted by atomic mass is 35.5. The van der Waals surface area contributed by atoms with Gasteiger partial charge in [0.2, 0.25) is 0 Å². The number of allylic oxidation sites excluding steroid dienone is 1. The van der Waals surface area contributed by atoms with Gasteiger partial charge in [0.25, 0.3) is 0 Å². The van der Waals surface area contributed by atoms with Crippen molar-refractivity contribution in [3.63, 3.8) is 0 Å². The molecule has 8 heteroatoms. The molecule has 4 aliphatic rings. The van der Waals surface area contributed by atoms with E-state index in [1.165, 1.54) is 38.5 Å². The maximum absolute atomic E-state index is 11.7. The lowest BCUT2D eigenvalue weighted by Gasteiger charge is -2.36. The highest BCUT2D eigenvalue weighted by Crippen LogP contribution is 2.44. The second-order valence-electron chi connectivity index (χ2n) is 12.4.